The Bertz CT molecular complexity index is 1050. The molecule has 0 bridgehead atoms. The molecule has 0 aliphatic heterocycles. The fourth-order valence-electron chi connectivity index (χ4n) is 3.36. The van der Waals surface area contributed by atoms with Crippen molar-refractivity contribution in [3.63, 3.8) is 0 Å². The summed E-state index contributed by atoms with van der Waals surface area (Å²) in [5.74, 6) is 1.05. The lowest BCUT2D eigenvalue weighted by atomic mass is 9.93. The van der Waals surface area contributed by atoms with Gasteiger partial charge in [-0.15, -0.1) is 0 Å². The van der Waals surface area contributed by atoms with E-state index in [4.69, 9.17) is 9.15 Å². The number of aryl methyl sites for hydroxylation is 1. The Balaban J connectivity index is 1.41. The highest BCUT2D eigenvalue weighted by molar-refractivity contribution is 5.73. The molecule has 0 aliphatic rings. The van der Waals surface area contributed by atoms with Crippen molar-refractivity contribution < 1.29 is 9.15 Å². The quantitative estimate of drug-likeness (QED) is 0.417. The van der Waals surface area contributed by atoms with E-state index in [2.05, 4.69) is 66.3 Å². The summed E-state index contributed by atoms with van der Waals surface area (Å²) in [5.41, 5.74) is 6.67. The molecule has 1 atom stereocenters. The maximum atomic E-state index is 5.85. The largest absolute Gasteiger partial charge is 0.473 e. The van der Waals surface area contributed by atoms with Crippen LogP contribution in [0.15, 0.2) is 71.6 Å². The second-order valence-electron chi connectivity index (χ2n) is 7.15. The van der Waals surface area contributed by atoms with Crippen LogP contribution in [0.25, 0.3) is 11.1 Å². The number of aromatic nitrogens is 2. The average Bonchev–Trinajstić information content (AvgIpc) is 3.21. The van der Waals surface area contributed by atoms with Crippen molar-refractivity contribution in [2.24, 2.45) is 0 Å². The Morgan fingerprint density at radius 1 is 0.964 bits per heavy atom. The first-order valence-electron chi connectivity index (χ1n) is 9.70. The van der Waals surface area contributed by atoms with Gasteiger partial charge in [0.15, 0.2) is 12.0 Å². The molecule has 28 heavy (non-hydrogen) atoms. The van der Waals surface area contributed by atoms with E-state index in [1.165, 1.54) is 23.1 Å². The van der Waals surface area contributed by atoms with E-state index in [-0.39, 0.29) is 0 Å². The van der Waals surface area contributed by atoms with Crippen LogP contribution < -0.4 is 4.74 Å². The van der Waals surface area contributed by atoms with Crippen LogP contribution in [0.1, 0.15) is 42.0 Å². The summed E-state index contributed by atoms with van der Waals surface area (Å²) in [7, 11) is 0. The first kappa shape index (κ1) is 18.2. The van der Waals surface area contributed by atoms with Crippen molar-refractivity contribution in [1.29, 1.82) is 0 Å². The first-order valence-corrected chi connectivity index (χ1v) is 9.70. The molecule has 4 rings (SSSR count). The number of pyridine rings is 1. The predicted octanol–water partition coefficient (Wildman–Crippen LogP) is 5.71. The molecule has 0 radical (unpaired) electrons. The molecule has 0 spiro atoms. The van der Waals surface area contributed by atoms with Crippen LogP contribution in [0.2, 0.25) is 0 Å². The summed E-state index contributed by atoms with van der Waals surface area (Å²) < 4.78 is 11.2. The van der Waals surface area contributed by atoms with Gasteiger partial charge in [-0.1, -0.05) is 50.2 Å². The Morgan fingerprint density at radius 2 is 1.86 bits per heavy atom. The van der Waals surface area contributed by atoms with E-state index < -0.39 is 0 Å². The Hall–Kier alpha value is -3.14. The molecule has 2 aromatic carbocycles. The van der Waals surface area contributed by atoms with Gasteiger partial charge in [0.25, 0.3) is 0 Å². The van der Waals surface area contributed by atoms with Crippen LogP contribution in [0.5, 0.6) is 5.88 Å². The molecule has 0 fully saturated rings. The first-order chi connectivity index (χ1) is 13.7. The van der Waals surface area contributed by atoms with E-state index in [1.54, 1.807) is 0 Å². The Labute approximate surface area is 165 Å². The number of ether oxygens (including phenoxy) is 1. The van der Waals surface area contributed by atoms with Crippen molar-refractivity contribution in [3.05, 3.63) is 89.4 Å². The minimum absolute atomic E-state index is 0.389. The van der Waals surface area contributed by atoms with Crippen LogP contribution in [-0.2, 0) is 19.4 Å². The van der Waals surface area contributed by atoms with Crippen LogP contribution in [-0.4, -0.2) is 9.97 Å². The SMILES string of the molecule is CCc1ccc(OCc2cccc(CC(C)c3ccc4ocnc4c3)c2)nc1. The second-order valence-corrected chi connectivity index (χ2v) is 7.15. The molecule has 1 unspecified atom stereocenters. The molecular weight excluding hydrogens is 348 g/mol. The summed E-state index contributed by atoms with van der Waals surface area (Å²) in [5, 5.41) is 0. The molecule has 142 valence electrons. The van der Waals surface area contributed by atoms with Crippen LogP contribution in [0.3, 0.4) is 0 Å². The zero-order chi connectivity index (χ0) is 19.3. The Morgan fingerprint density at radius 3 is 2.68 bits per heavy atom. The summed E-state index contributed by atoms with van der Waals surface area (Å²) in [6.45, 7) is 4.88. The van der Waals surface area contributed by atoms with Gasteiger partial charge in [0.05, 0.1) is 0 Å². The standard InChI is InChI=1S/C24H24N2O2/c1-3-18-7-10-24(25-14-18)27-15-20-6-4-5-19(12-20)11-17(2)21-8-9-23-22(13-21)26-16-28-23/h4-10,12-14,16-17H,3,11,15H2,1-2H3. The molecule has 4 aromatic rings. The zero-order valence-corrected chi connectivity index (χ0v) is 16.3. The minimum atomic E-state index is 0.389. The van der Waals surface area contributed by atoms with E-state index >= 15 is 0 Å². The maximum Gasteiger partial charge on any atom is 0.213 e. The average molecular weight is 372 g/mol. The monoisotopic (exact) mass is 372 g/mol. The van der Waals surface area contributed by atoms with Gasteiger partial charge in [0, 0.05) is 12.3 Å². The maximum absolute atomic E-state index is 5.85. The molecule has 0 saturated carbocycles. The second kappa shape index (κ2) is 8.26. The van der Waals surface area contributed by atoms with Crippen molar-refractivity contribution in [2.45, 2.75) is 39.2 Å². The molecule has 0 saturated heterocycles. The highest BCUT2D eigenvalue weighted by Crippen LogP contribution is 2.24. The normalized spacial score (nSPS) is 12.2. The van der Waals surface area contributed by atoms with E-state index in [9.17, 15) is 0 Å². The van der Waals surface area contributed by atoms with Gasteiger partial charge in [-0.3, -0.25) is 0 Å². The number of hydrogen-bond donors (Lipinski definition) is 0. The fraction of sp³-hybridized carbons (Fsp3) is 0.250. The molecule has 4 nitrogen and oxygen atoms in total. The third kappa shape index (κ3) is 4.22. The van der Waals surface area contributed by atoms with Crippen molar-refractivity contribution in [3.8, 4) is 5.88 Å². The van der Waals surface area contributed by atoms with Gasteiger partial charge in [-0.2, -0.15) is 0 Å². The summed E-state index contributed by atoms with van der Waals surface area (Å²) in [6, 6.07) is 18.8. The van der Waals surface area contributed by atoms with Crippen molar-refractivity contribution in [1.82, 2.24) is 9.97 Å². The van der Waals surface area contributed by atoms with Gasteiger partial charge < -0.3 is 9.15 Å². The third-order valence-electron chi connectivity index (χ3n) is 5.05. The molecular formula is C24H24N2O2. The van der Waals surface area contributed by atoms with Crippen LogP contribution in [0, 0.1) is 0 Å². The van der Waals surface area contributed by atoms with Crippen LogP contribution in [0.4, 0.5) is 0 Å². The lowest BCUT2D eigenvalue weighted by molar-refractivity contribution is 0.293. The lowest BCUT2D eigenvalue weighted by Crippen LogP contribution is -2.01. The highest BCUT2D eigenvalue weighted by Gasteiger charge is 2.10. The lowest BCUT2D eigenvalue weighted by Gasteiger charge is -2.13. The highest BCUT2D eigenvalue weighted by atomic mass is 16.5. The summed E-state index contributed by atoms with van der Waals surface area (Å²) >= 11 is 0. The fourth-order valence-corrected chi connectivity index (χ4v) is 3.36. The molecule has 2 aromatic heterocycles. The molecule has 0 aliphatic carbocycles. The number of oxazole rings is 1. The van der Waals surface area contributed by atoms with Crippen molar-refractivity contribution >= 4 is 11.1 Å². The summed E-state index contributed by atoms with van der Waals surface area (Å²) in [4.78, 5) is 8.62. The van der Waals surface area contributed by atoms with E-state index in [0.29, 0.717) is 18.4 Å². The van der Waals surface area contributed by atoms with Gasteiger partial charge in [-0.25, -0.2) is 9.97 Å². The zero-order valence-electron chi connectivity index (χ0n) is 16.3. The molecule has 0 amide bonds. The van der Waals surface area contributed by atoms with E-state index in [0.717, 1.165) is 29.5 Å². The van der Waals surface area contributed by atoms with Gasteiger partial charge in [-0.05, 0) is 53.1 Å². The number of benzene rings is 2. The smallest absolute Gasteiger partial charge is 0.213 e. The minimum Gasteiger partial charge on any atom is -0.473 e. The number of nitrogens with zero attached hydrogens (tertiary/aromatic N) is 2. The topological polar surface area (TPSA) is 48.2 Å². The molecule has 0 N–H and O–H groups in total. The number of rotatable bonds is 7. The van der Waals surface area contributed by atoms with Gasteiger partial charge in [0.2, 0.25) is 5.88 Å². The number of hydrogen-bond acceptors (Lipinski definition) is 4. The van der Waals surface area contributed by atoms with Gasteiger partial charge in [0.1, 0.15) is 12.1 Å². The van der Waals surface area contributed by atoms with Gasteiger partial charge >= 0.3 is 0 Å². The predicted molar refractivity (Wildman–Crippen MR) is 111 cm³/mol. The molecule has 4 heteroatoms. The third-order valence-corrected chi connectivity index (χ3v) is 5.05. The van der Waals surface area contributed by atoms with E-state index in [1.807, 2.05) is 18.3 Å². The van der Waals surface area contributed by atoms with Crippen LogP contribution >= 0.6 is 0 Å². The van der Waals surface area contributed by atoms with Crippen molar-refractivity contribution in [2.75, 3.05) is 0 Å². The summed E-state index contributed by atoms with van der Waals surface area (Å²) in [6.07, 6.45) is 5.31. The molecule has 2 heterocycles. The Kier molecular flexibility index (Phi) is 5.38. The number of fused-ring (bicyclic) bond motifs is 1.